The zero-order valence-electron chi connectivity index (χ0n) is 51.9. The number of fused-ring (bicyclic) bond motifs is 5. The number of hydrogen-bond donors (Lipinski definition) is 8. The molecule has 4 bridgehead atoms. The average molecular weight is 1410 g/mol. The van der Waals surface area contributed by atoms with Crippen LogP contribution in [0, 0.1) is 17.6 Å². The molecule has 0 aliphatic carbocycles. The third kappa shape index (κ3) is 24.4. The van der Waals surface area contributed by atoms with E-state index in [0.29, 0.717) is 82.7 Å². The van der Waals surface area contributed by atoms with Gasteiger partial charge in [-0.15, -0.1) is 0 Å². The summed E-state index contributed by atoms with van der Waals surface area (Å²) >= 11 is 13.1. The number of amides is 8. The summed E-state index contributed by atoms with van der Waals surface area (Å²) in [7, 11) is 5.83. The van der Waals surface area contributed by atoms with Crippen LogP contribution in [0.25, 0.3) is 0 Å². The van der Waals surface area contributed by atoms with Crippen molar-refractivity contribution in [2.45, 2.75) is 166 Å². The zero-order valence-corrected chi connectivity index (χ0v) is 55.8. The molecule has 2 aromatic rings. The van der Waals surface area contributed by atoms with Crippen LogP contribution in [0.3, 0.4) is 0 Å². The Morgan fingerprint density at radius 3 is 2.28 bits per heavy atom. The van der Waals surface area contributed by atoms with Gasteiger partial charge in [0.05, 0.1) is 54.3 Å². The van der Waals surface area contributed by atoms with E-state index in [1.807, 2.05) is 32.1 Å². The van der Waals surface area contributed by atoms with Crippen LogP contribution in [0.4, 0.5) is 29.7 Å². The van der Waals surface area contributed by atoms with E-state index in [1.165, 1.54) is 20.5 Å². The van der Waals surface area contributed by atoms with Gasteiger partial charge in [-0.1, -0.05) is 87.5 Å². The number of alkyl carbamates (subject to hydrolysis) is 1. The number of primary amides is 1. The SMILES string of the molecule is CC(CCCCC(=O)NCC(=O)NC(CCCNC(N)=O)C(=O)Nc1cc(F)c(C(=O)N(C)[C@@H](C)C(=O)O)cc1F)OC(=O)C(CBr)CBr.CCC.COc1cc2cc(c1Cl)N(C)C(=O)CC[C@]1(C)O[C@H]1CC1C[C@@](O)(NC(=O)O1)[C@H](OC)/C=C/C=C(\C)C2. The van der Waals surface area contributed by atoms with E-state index in [2.05, 4.69) is 72.3 Å². The number of epoxide rings is 1. The topological polar surface area (TPSA) is 336 Å². The Labute approximate surface area is 539 Å². The summed E-state index contributed by atoms with van der Waals surface area (Å²) < 4.78 is 57.5. The molecule has 9 N–H and O–H groups in total. The van der Waals surface area contributed by atoms with E-state index in [0.717, 1.165) is 18.2 Å². The van der Waals surface area contributed by atoms with Crippen LogP contribution in [0.1, 0.15) is 128 Å². The summed E-state index contributed by atoms with van der Waals surface area (Å²) in [6.45, 7) is 10.6. The van der Waals surface area contributed by atoms with Gasteiger partial charge in [-0.25, -0.2) is 23.2 Å². The number of allylic oxidation sites excluding steroid dienone is 3. The molecule has 24 nitrogen and oxygen atoms in total. The minimum Gasteiger partial charge on any atom is -0.495 e. The number of benzene rings is 2. The van der Waals surface area contributed by atoms with Crippen molar-refractivity contribution in [2.75, 3.05) is 62.3 Å². The number of carbonyl (C=O) groups is 9. The summed E-state index contributed by atoms with van der Waals surface area (Å²) in [5.74, 6) is -7.37. The molecule has 3 heterocycles. The second-order valence-corrected chi connectivity index (χ2v) is 23.7. The summed E-state index contributed by atoms with van der Waals surface area (Å²) in [5, 5.41) is 33.5. The number of nitrogens with zero attached hydrogens (tertiary/aromatic N) is 2. The van der Waals surface area contributed by atoms with Crippen molar-refractivity contribution in [1.82, 2.24) is 26.2 Å². The molecule has 8 amide bonds. The fraction of sp³-hybridized carbons (Fsp3) is 0.583. The van der Waals surface area contributed by atoms with Gasteiger partial charge in [0.25, 0.3) is 5.91 Å². The van der Waals surface area contributed by atoms with Crippen molar-refractivity contribution in [3.8, 4) is 5.75 Å². The van der Waals surface area contributed by atoms with E-state index in [-0.39, 0.29) is 68.7 Å². The number of hydrogen-bond acceptors (Lipinski definition) is 15. The van der Waals surface area contributed by atoms with E-state index in [4.69, 9.17) is 46.1 Å². The zero-order chi connectivity index (χ0) is 66.9. The predicted octanol–water partition coefficient (Wildman–Crippen LogP) is 7.71. The number of alkyl halides is 2. The molecule has 0 aromatic heterocycles. The van der Waals surface area contributed by atoms with Crippen LogP contribution in [0.2, 0.25) is 5.02 Å². The van der Waals surface area contributed by atoms with Crippen molar-refractivity contribution in [2.24, 2.45) is 11.7 Å². The molecule has 89 heavy (non-hydrogen) atoms. The highest BCUT2D eigenvalue weighted by molar-refractivity contribution is 9.09. The first kappa shape index (κ1) is 76.8. The number of carboxylic acids is 1. The van der Waals surface area contributed by atoms with Gasteiger partial charge >= 0.3 is 24.1 Å². The summed E-state index contributed by atoms with van der Waals surface area (Å²) in [6.07, 6.45) is 7.56. The van der Waals surface area contributed by atoms with Gasteiger partial charge in [-0.3, -0.25) is 34.1 Å². The fourth-order valence-electron chi connectivity index (χ4n) is 9.18. The number of carboxylic acid groups (broad SMARTS) is 1. The van der Waals surface area contributed by atoms with E-state index in [9.17, 15) is 57.0 Å². The number of aliphatic carboxylic acids is 1. The molecule has 3 aliphatic heterocycles. The fourth-order valence-corrected chi connectivity index (χ4v) is 11.1. The summed E-state index contributed by atoms with van der Waals surface area (Å²) in [5.41, 5.74) is 3.96. The van der Waals surface area contributed by atoms with E-state index in [1.54, 1.807) is 38.1 Å². The van der Waals surface area contributed by atoms with E-state index < -0.39 is 107 Å². The Bertz CT molecular complexity index is 2870. The summed E-state index contributed by atoms with van der Waals surface area (Å²) in [6, 6.07) is 1.32. The van der Waals surface area contributed by atoms with Gasteiger partial charge < -0.3 is 70.7 Å². The minimum absolute atomic E-state index is 0.0270. The first-order valence-corrected chi connectivity index (χ1v) is 31.6. The van der Waals surface area contributed by atoms with Crippen LogP contribution in [0.15, 0.2) is 48.1 Å². The monoisotopic (exact) mass is 1400 g/mol. The Morgan fingerprint density at radius 1 is 0.989 bits per heavy atom. The van der Waals surface area contributed by atoms with Gasteiger partial charge in [0.1, 0.15) is 46.7 Å². The minimum atomic E-state index is -1.64. The molecule has 0 saturated carbocycles. The number of likely N-dealkylation sites (N-methyl/N-ethyl adjacent to an activating group) is 1. The number of halogens is 5. The van der Waals surface area contributed by atoms with Gasteiger partial charge in [-0.2, -0.15) is 0 Å². The molecule has 2 saturated heterocycles. The number of methoxy groups -OCH3 is 2. The number of urea groups is 1. The van der Waals surface area contributed by atoms with Crippen LogP contribution in [-0.2, 0) is 54.1 Å². The molecule has 0 radical (unpaired) electrons. The van der Waals surface area contributed by atoms with Crippen LogP contribution in [-0.4, -0.2) is 169 Å². The third-order valence-electron chi connectivity index (χ3n) is 14.5. The maximum Gasteiger partial charge on any atom is 0.409 e. The Balaban J connectivity index is 0.000000459. The lowest BCUT2D eigenvalue weighted by molar-refractivity contribution is -0.152. The Hall–Kier alpha value is -6.46. The first-order chi connectivity index (χ1) is 41.9. The van der Waals surface area contributed by atoms with Crippen LogP contribution >= 0.6 is 43.5 Å². The van der Waals surface area contributed by atoms with Gasteiger partial charge in [0.15, 0.2) is 5.72 Å². The highest BCUT2D eigenvalue weighted by Gasteiger charge is 2.55. The van der Waals surface area contributed by atoms with Crippen molar-refractivity contribution in [1.29, 1.82) is 0 Å². The molecule has 3 aliphatic rings. The second-order valence-electron chi connectivity index (χ2n) is 22.0. The normalized spacial score (nSPS) is 21.7. The smallest absolute Gasteiger partial charge is 0.409 e. The highest BCUT2D eigenvalue weighted by atomic mass is 79.9. The maximum absolute atomic E-state index is 14.9. The summed E-state index contributed by atoms with van der Waals surface area (Å²) in [4.78, 5) is 112. The number of rotatable bonds is 23. The van der Waals surface area contributed by atoms with Gasteiger partial charge in [0, 0.05) is 70.2 Å². The number of anilines is 2. The average Bonchev–Trinajstić information content (AvgIpc) is 1.72. The van der Waals surface area contributed by atoms with Crippen molar-refractivity contribution >= 4 is 108 Å². The molecule has 0 spiro atoms. The number of unbranched alkanes of at least 4 members (excludes halogenated alkanes) is 1. The lowest BCUT2D eigenvalue weighted by Crippen LogP contribution is -2.62. The molecule has 29 heteroatoms. The quantitative estimate of drug-likeness (QED) is 0.0228. The first-order valence-electron chi connectivity index (χ1n) is 29.0. The van der Waals surface area contributed by atoms with E-state index >= 15 is 0 Å². The maximum atomic E-state index is 14.9. The van der Waals surface area contributed by atoms with Crippen molar-refractivity contribution < 1.29 is 85.8 Å². The molecule has 5 rings (SSSR count). The molecular formula is C60H85Br2ClF2N8O16. The number of esters is 1. The number of ether oxygens (including phenoxy) is 5. The molecular weight excluding hydrogens is 1320 g/mol. The van der Waals surface area contributed by atoms with Crippen LogP contribution in [0.5, 0.6) is 5.75 Å². The Kier molecular flexibility index (Phi) is 31.9. The highest BCUT2D eigenvalue weighted by Crippen LogP contribution is 2.45. The number of nitrogens with one attached hydrogen (secondary N) is 5. The third-order valence-corrected chi connectivity index (χ3v) is 16.5. The van der Waals surface area contributed by atoms with Crippen molar-refractivity contribution in [3.63, 3.8) is 0 Å². The lowest BCUT2D eigenvalue weighted by Gasteiger charge is -2.40. The number of aliphatic hydroxyl groups is 1. The van der Waals surface area contributed by atoms with Gasteiger partial charge in [0.2, 0.25) is 23.6 Å². The molecule has 8 atom stereocenters. The predicted molar refractivity (Wildman–Crippen MR) is 336 cm³/mol. The Morgan fingerprint density at radius 2 is 1.66 bits per heavy atom. The molecule has 2 aromatic carbocycles. The number of carbonyl (C=O) groups excluding carboxylic acids is 8. The van der Waals surface area contributed by atoms with Crippen molar-refractivity contribution in [3.05, 3.63) is 75.9 Å². The standard InChI is InChI=1S/C30H42Br2F2N6O9.C27H35ClN2O7.C3H8/c1-16(49-29(47)18(13-31)14-32)7-4-5-9-24(41)37-15-25(42)38-22(8-6-10-36-30(35)48)26(43)39-23-12-20(33)19(11-21(23)34)27(44)40(3)17(2)28(45)46;1-16-7-6-8-21(35-5)27(33)15-18(36-25(32)29-27)14-22-26(2,37-22)10-9-23(31)30(3)19-12-17(11-16)13-20(34-4)24(19)28;1-3-2/h11-12,16-18,22H,4-10,13-15H2,1-3H3,(H,37,41)(H,38,42)(H,39,43)(H,45,46)(H3,35,36,48);6-8,12-13,18,21-22,33H,9-11,14-15H2,1-5H3,(H,29,32);3H2,1-2H3/b;8-6+,16-7+;/t16?,17-,22?;18?,21-,22+,26+,27+;/m01./s1. The second kappa shape index (κ2) is 37.0. The molecule has 3 unspecified atom stereocenters. The molecule has 2 fully saturated rings. The largest absolute Gasteiger partial charge is 0.495 e. The van der Waals surface area contributed by atoms with Gasteiger partial charge in [-0.05, 0) is 96.4 Å². The van der Waals surface area contributed by atoms with Crippen LogP contribution < -0.4 is 42.0 Å². The number of nitrogens with two attached hydrogens (primary N) is 1. The molecule has 496 valence electrons. The lowest BCUT2D eigenvalue weighted by atomic mass is 9.91.